The number of hydrogen-bond donors (Lipinski definition) is 2. The van der Waals surface area contributed by atoms with Crippen LogP contribution in [-0.4, -0.2) is 28.7 Å². The topological polar surface area (TPSA) is 73.1 Å². The normalized spacial score (nSPS) is 23.4. The fraction of sp³-hybridized carbons (Fsp3) is 0.429. The van der Waals surface area contributed by atoms with E-state index in [0.717, 1.165) is 36.2 Å². The smallest absolute Gasteiger partial charge is 0.222 e. The van der Waals surface area contributed by atoms with Crippen molar-refractivity contribution in [1.82, 2.24) is 9.97 Å². The van der Waals surface area contributed by atoms with Crippen molar-refractivity contribution >= 4 is 22.7 Å². The van der Waals surface area contributed by atoms with Gasteiger partial charge < -0.3 is 15.8 Å². The zero-order valence-corrected chi connectivity index (χ0v) is 11.0. The molecule has 1 aromatic heterocycles. The maximum absolute atomic E-state index is 5.78. The molecule has 1 unspecified atom stereocenters. The lowest BCUT2D eigenvalue weighted by atomic mass is 9.95. The van der Waals surface area contributed by atoms with Crippen LogP contribution in [0.5, 0.6) is 0 Å². The van der Waals surface area contributed by atoms with E-state index < -0.39 is 0 Å². The number of anilines is 2. The van der Waals surface area contributed by atoms with Crippen LogP contribution < -0.4 is 11.1 Å². The highest BCUT2D eigenvalue weighted by Gasteiger charge is 2.28. The zero-order chi connectivity index (χ0) is 13.3. The Hall–Kier alpha value is -1.88. The van der Waals surface area contributed by atoms with Gasteiger partial charge in [0, 0.05) is 12.0 Å². The molecule has 19 heavy (non-hydrogen) atoms. The number of benzene rings is 1. The van der Waals surface area contributed by atoms with Crippen LogP contribution in [0.3, 0.4) is 0 Å². The third-order valence-electron chi connectivity index (χ3n) is 3.48. The number of aromatic nitrogens is 2. The molecule has 5 heteroatoms. The minimum absolute atomic E-state index is 0.0954. The van der Waals surface area contributed by atoms with Crippen LogP contribution >= 0.6 is 0 Å². The molecular formula is C14H18N4O. The van der Waals surface area contributed by atoms with Crippen LogP contribution in [-0.2, 0) is 4.74 Å². The number of ether oxygens (including phenoxy) is 1. The summed E-state index contributed by atoms with van der Waals surface area (Å²) >= 11 is 0. The Balaban J connectivity index is 2.00. The summed E-state index contributed by atoms with van der Waals surface area (Å²) in [6, 6.07) is 7.87. The van der Waals surface area contributed by atoms with E-state index in [1.807, 2.05) is 24.3 Å². The van der Waals surface area contributed by atoms with E-state index in [0.29, 0.717) is 12.6 Å². The molecule has 5 nitrogen and oxygen atoms in total. The monoisotopic (exact) mass is 258 g/mol. The molecule has 0 aliphatic carbocycles. The summed E-state index contributed by atoms with van der Waals surface area (Å²) in [5.74, 6) is 1.08. The zero-order valence-electron chi connectivity index (χ0n) is 11.0. The second kappa shape index (κ2) is 4.66. The van der Waals surface area contributed by atoms with Gasteiger partial charge in [0.15, 0.2) is 0 Å². The Labute approximate surface area is 112 Å². The Morgan fingerprint density at radius 2 is 2.16 bits per heavy atom. The average Bonchev–Trinajstić information content (AvgIpc) is 2.39. The van der Waals surface area contributed by atoms with Gasteiger partial charge >= 0.3 is 0 Å². The number of hydrogen-bond acceptors (Lipinski definition) is 5. The van der Waals surface area contributed by atoms with Gasteiger partial charge in [-0.2, -0.15) is 4.98 Å². The maximum atomic E-state index is 5.78. The van der Waals surface area contributed by atoms with Crippen LogP contribution in [0.25, 0.3) is 10.9 Å². The fourth-order valence-corrected chi connectivity index (χ4v) is 2.51. The van der Waals surface area contributed by atoms with Gasteiger partial charge in [-0.25, -0.2) is 4.98 Å². The standard InChI is InChI=1S/C14H18N4O/c1-14(7-4-8-19-9-14)18-12-10-5-2-3-6-11(10)16-13(15)17-12/h2-3,5-6H,4,7-9H2,1H3,(H3,15,16,17,18). The third kappa shape index (κ3) is 2.46. The first kappa shape index (κ1) is 12.2. The third-order valence-corrected chi connectivity index (χ3v) is 3.48. The Bertz CT molecular complexity index is 593. The summed E-state index contributed by atoms with van der Waals surface area (Å²) in [5.41, 5.74) is 6.54. The molecule has 0 amide bonds. The Morgan fingerprint density at radius 1 is 1.32 bits per heavy atom. The molecule has 0 radical (unpaired) electrons. The predicted octanol–water partition coefficient (Wildman–Crippen LogP) is 2.19. The van der Waals surface area contributed by atoms with E-state index in [-0.39, 0.29) is 5.54 Å². The van der Waals surface area contributed by atoms with Crippen molar-refractivity contribution in [2.75, 3.05) is 24.3 Å². The molecule has 1 aromatic carbocycles. The molecule has 0 bridgehead atoms. The van der Waals surface area contributed by atoms with Crippen LogP contribution in [0.2, 0.25) is 0 Å². The lowest BCUT2D eigenvalue weighted by Crippen LogP contribution is -2.43. The van der Waals surface area contributed by atoms with Gasteiger partial charge in [0.2, 0.25) is 5.95 Å². The maximum Gasteiger partial charge on any atom is 0.222 e. The summed E-state index contributed by atoms with van der Waals surface area (Å²) < 4.78 is 5.56. The van der Waals surface area contributed by atoms with E-state index >= 15 is 0 Å². The highest BCUT2D eigenvalue weighted by molar-refractivity contribution is 5.90. The molecule has 1 saturated heterocycles. The number of nitrogens with zero attached hydrogens (tertiary/aromatic N) is 2. The van der Waals surface area contributed by atoms with Crippen molar-refractivity contribution in [3.63, 3.8) is 0 Å². The molecule has 2 heterocycles. The first-order chi connectivity index (χ1) is 9.16. The Kier molecular flexibility index (Phi) is 2.98. The summed E-state index contributed by atoms with van der Waals surface area (Å²) in [6.07, 6.45) is 2.12. The minimum atomic E-state index is -0.0954. The van der Waals surface area contributed by atoms with Crippen LogP contribution in [0.1, 0.15) is 19.8 Å². The van der Waals surface area contributed by atoms with Gasteiger partial charge in [-0.05, 0) is 31.9 Å². The summed E-state index contributed by atoms with van der Waals surface area (Å²) in [4.78, 5) is 8.59. The molecule has 3 N–H and O–H groups in total. The summed E-state index contributed by atoms with van der Waals surface area (Å²) in [7, 11) is 0. The molecule has 1 atom stereocenters. The largest absolute Gasteiger partial charge is 0.379 e. The molecule has 0 spiro atoms. The van der Waals surface area contributed by atoms with Crippen LogP contribution in [0, 0.1) is 0 Å². The van der Waals surface area contributed by atoms with Crippen LogP contribution in [0.4, 0.5) is 11.8 Å². The van der Waals surface area contributed by atoms with Gasteiger partial charge in [0.1, 0.15) is 5.82 Å². The molecule has 2 aromatic rings. The van der Waals surface area contributed by atoms with E-state index in [1.165, 1.54) is 0 Å². The highest BCUT2D eigenvalue weighted by atomic mass is 16.5. The second-order valence-electron chi connectivity index (χ2n) is 5.29. The first-order valence-electron chi connectivity index (χ1n) is 6.54. The number of nitrogens with two attached hydrogens (primary N) is 1. The molecule has 0 saturated carbocycles. The van der Waals surface area contributed by atoms with E-state index in [4.69, 9.17) is 10.5 Å². The van der Waals surface area contributed by atoms with Gasteiger partial charge in [-0.3, -0.25) is 0 Å². The number of rotatable bonds is 2. The van der Waals surface area contributed by atoms with Crippen molar-refractivity contribution in [3.8, 4) is 0 Å². The van der Waals surface area contributed by atoms with E-state index in [1.54, 1.807) is 0 Å². The van der Waals surface area contributed by atoms with Gasteiger partial charge in [-0.1, -0.05) is 12.1 Å². The number of fused-ring (bicyclic) bond motifs is 1. The van der Waals surface area contributed by atoms with Crippen molar-refractivity contribution in [1.29, 1.82) is 0 Å². The second-order valence-corrected chi connectivity index (χ2v) is 5.29. The van der Waals surface area contributed by atoms with Crippen molar-refractivity contribution in [2.45, 2.75) is 25.3 Å². The lowest BCUT2D eigenvalue weighted by molar-refractivity contribution is 0.0539. The molecule has 100 valence electrons. The average molecular weight is 258 g/mol. The fourth-order valence-electron chi connectivity index (χ4n) is 2.51. The summed E-state index contributed by atoms with van der Waals surface area (Å²) in [6.45, 7) is 3.67. The SMILES string of the molecule is CC1(Nc2nc(N)nc3ccccc23)CCCOC1. The van der Waals surface area contributed by atoms with Crippen molar-refractivity contribution in [3.05, 3.63) is 24.3 Å². The highest BCUT2D eigenvalue weighted by Crippen LogP contribution is 2.27. The van der Waals surface area contributed by atoms with E-state index in [9.17, 15) is 0 Å². The van der Waals surface area contributed by atoms with Gasteiger partial charge in [0.05, 0.1) is 17.7 Å². The number of para-hydroxylation sites is 1. The molecule has 3 rings (SSSR count). The van der Waals surface area contributed by atoms with Crippen molar-refractivity contribution in [2.24, 2.45) is 0 Å². The van der Waals surface area contributed by atoms with E-state index in [2.05, 4.69) is 22.2 Å². The lowest BCUT2D eigenvalue weighted by Gasteiger charge is -2.35. The Morgan fingerprint density at radius 3 is 2.95 bits per heavy atom. The van der Waals surface area contributed by atoms with Crippen molar-refractivity contribution < 1.29 is 4.74 Å². The van der Waals surface area contributed by atoms with Gasteiger partial charge in [0.25, 0.3) is 0 Å². The molecular weight excluding hydrogens is 240 g/mol. The predicted molar refractivity (Wildman–Crippen MR) is 76.0 cm³/mol. The molecule has 1 aliphatic heterocycles. The molecule has 1 fully saturated rings. The minimum Gasteiger partial charge on any atom is -0.379 e. The first-order valence-corrected chi connectivity index (χ1v) is 6.54. The molecule has 1 aliphatic rings. The number of nitrogen functional groups attached to an aromatic ring is 1. The quantitative estimate of drug-likeness (QED) is 0.863. The number of nitrogens with one attached hydrogen (secondary N) is 1. The van der Waals surface area contributed by atoms with Gasteiger partial charge in [-0.15, -0.1) is 0 Å². The summed E-state index contributed by atoms with van der Waals surface area (Å²) in [5, 5.41) is 4.47. The van der Waals surface area contributed by atoms with Crippen LogP contribution in [0.15, 0.2) is 24.3 Å².